The molecule has 0 atom stereocenters. The van der Waals surface area contributed by atoms with E-state index in [9.17, 15) is 4.79 Å². The zero-order chi connectivity index (χ0) is 19.0. The van der Waals surface area contributed by atoms with Crippen molar-refractivity contribution in [1.82, 2.24) is 19.6 Å². The van der Waals surface area contributed by atoms with Crippen LogP contribution >= 0.6 is 50.9 Å². The fourth-order valence-electron chi connectivity index (χ4n) is 2.55. The summed E-state index contributed by atoms with van der Waals surface area (Å²) in [5.74, 6) is 0.595. The number of nitrogens with one attached hydrogen (secondary N) is 1. The Hall–Kier alpha value is -1.80. The average Bonchev–Trinajstić information content (AvgIpc) is 3.08. The summed E-state index contributed by atoms with van der Waals surface area (Å²) in [6.07, 6.45) is 1.65. The number of aromatic nitrogens is 4. The highest BCUT2D eigenvalue weighted by molar-refractivity contribution is 9.10. The fraction of sp³-hybridized carbons (Fsp3) is 0.0556. The van der Waals surface area contributed by atoms with E-state index in [2.05, 4.69) is 31.0 Å². The second-order valence-electron chi connectivity index (χ2n) is 5.68. The number of nitrogens with zero attached hydrogens (tertiary/aromatic N) is 3. The van der Waals surface area contributed by atoms with Gasteiger partial charge in [-0.25, -0.2) is 9.78 Å². The first-order valence-electron chi connectivity index (χ1n) is 7.82. The van der Waals surface area contributed by atoms with Crippen LogP contribution in [-0.2, 0) is 5.75 Å². The molecule has 2 aromatic heterocycles. The second-order valence-corrected chi connectivity index (χ2v) is 8.38. The van der Waals surface area contributed by atoms with Crippen molar-refractivity contribution in [2.24, 2.45) is 0 Å². The summed E-state index contributed by atoms with van der Waals surface area (Å²) < 4.78 is 2.24. The summed E-state index contributed by atoms with van der Waals surface area (Å²) >= 11 is 16.8. The first-order valence-corrected chi connectivity index (χ1v) is 10.4. The van der Waals surface area contributed by atoms with Gasteiger partial charge in [0.1, 0.15) is 0 Å². The third-order valence-electron chi connectivity index (χ3n) is 3.87. The van der Waals surface area contributed by atoms with Gasteiger partial charge in [0, 0.05) is 15.8 Å². The highest BCUT2D eigenvalue weighted by Gasteiger charge is 2.12. The highest BCUT2D eigenvalue weighted by Crippen LogP contribution is 2.28. The van der Waals surface area contributed by atoms with E-state index in [1.54, 1.807) is 18.3 Å². The third-order valence-corrected chi connectivity index (χ3v) is 6.08. The van der Waals surface area contributed by atoms with Gasteiger partial charge in [0.2, 0.25) is 0 Å². The van der Waals surface area contributed by atoms with Gasteiger partial charge in [-0.15, -0.1) is 0 Å². The SMILES string of the molecule is O=c1[nH]c(SCc2ccc(Cl)c(Cl)c2)nc2c(-c3ccc(Br)cc3)cnn12. The van der Waals surface area contributed by atoms with Crippen LogP contribution < -0.4 is 5.69 Å². The number of hydrogen-bond acceptors (Lipinski definition) is 4. The standard InChI is InChI=1S/C18H11BrCl2N4OS/c19-12-4-2-11(3-5-12)13-8-22-25-16(13)23-17(24-18(25)26)27-9-10-1-6-14(20)15(21)7-10/h1-8H,9H2,(H,23,24,26). The summed E-state index contributed by atoms with van der Waals surface area (Å²) in [6, 6.07) is 13.2. The zero-order valence-corrected chi connectivity index (χ0v) is 17.5. The lowest BCUT2D eigenvalue weighted by Gasteiger charge is -2.04. The van der Waals surface area contributed by atoms with Gasteiger partial charge in [-0.05, 0) is 35.4 Å². The molecule has 0 fully saturated rings. The topological polar surface area (TPSA) is 63.0 Å². The van der Waals surface area contributed by atoms with Crippen molar-refractivity contribution in [3.8, 4) is 11.1 Å². The predicted octanol–water partition coefficient (Wildman–Crippen LogP) is 5.45. The molecule has 136 valence electrons. The van der Waals surface area contributed by atoms with Crippen molar-refractivity contribution in [3.05, 3.63) is 79.2 Å². The molecule has 0 aliphatic carbocycles. The van der Waals surface area contributed by atoms with Gasteiger partial charge in [0.15, 0.2) is 10.8 Å². The van der Waals surface area contributed by atoms with E-state index in [-0.39, 0.29) is 5.69 Å². The Kier molecular flexibility index (Phi) is 5.27. The van der Waals surface area contributed by atoms with Crippen LogP contribution in [0.1, 0.15) is 5.56 Å². The maximum atomic E-state index is 12.4. The van der Waals surface area contributed by atoms with Crippen LogP contribution in [0.3, 0.4) is 0 Å². The van der Waals surface area contributed by atoms with Crippen molar-refractivity contribution in [1.29, 1.82) is 0 Å². The number of hydrogen-bond donors (Lipinski definition) is 1. The Balaban J connectivity index is 1.67. The molecule has 0 aliphatic heterocycles. The summed E-state index contributed by atoms with van der Waals surface area (Å²) in [7, 11) is 0. The van der Waals surface area contributed by atoms with Crippen LogP contribution in [0.5, 0.6) is 0 Å². The Morgan fingerprint density at radius 3 is 2.63 bits per heavy atom. The maximum absolute atomic E-state index is 12.4. The predicted molar refractivity (Wildman–Crippen MR) is 113 cm³/mol. The molecule has 5 nitrogen and oxygen atoms in total. The average molecular weight is 482 g/mol. The van der Waals surface area contributed by atoms with Crippen LogP contribution in [0, 0.1) is 0 Å². The first-order chi connectivity index (χ1) is 13.0. The van der Waals surface area contributed by atoms with Crippen LogP contribution in [0.4, 0.5) is 0 Å². The Morgan fingerprint density at radius 2 is 1.89 bits per heavy atom. The summed E-state index contributed by atoms with van der Waals surface area (Å²) in [5, 5.41) is 5.68. The van der Waals surface area contributed by atoms with Crippen molar-refractivity contribution in [2.45, 2.75) is 10.9 Å². The van der Waals surface area contributed by atoms with Gasteiger partial charge < -0.3 is 0 Å². The summed E-state index contributed by atoms with van der Waals surface area (Å²) in [4.78, 5) is 19.7. The maximum Gasteiger partial charge on any atom is 0.350 e. The fourth-order valence-corrected chi connectivity index (χ4v) is 3.93. The van der Waals surface area contributed by atoms with Gasteiger partial charge in [-0.3, -0.25) is 4.98 Å². The second kappa shape index (κ2) is 7.67. The molecule has 0 spiro atoms. The number of fused-ring (bicyclic) bond motifs is 1. The molecule has 0 aliphatic rings. The van der Waals surface area contributed by atoms with Crippen molar-refractivity contribution >= 4 is 56.5 Å². The molecule has 2 heterocycles. The van der Waals surface area contributed by atoms with Crippen LogP contribution in [0.15, 0.2) is 63.1 Å². The number of H-pyrrole nitrogens is 1. The molecule has 0 radical (unpaired) electrons. The molecule has 0 unspecified atom stereocenters. The number of rotatable bonds is 4. The molecule has 0 amide bonds. The van der Waals surface area contributed by atoms with Gasteiger partial charge in [-0.2, -0.15) is 9.61 Å². The van der Waals surface area contributed by atoms with E-state index in [0.29, 0.717) is 26.6 Å². The molecule has 1 N–H and O–H groups in total. The van der Waals surface area contributed by atoms with Gasteiger partial charge >= 0.3 is 5.69 Å². The number of aromatic amines is 1. The first kappa shape index (κ1) is 18.6. The molecule has 0 bridgehead atoms. The minimum atomic E-state index is -0.333. The monoisotopic (exact) mass is 480 g/mol. The Bertz CT molecular complexity index is 1190. The van der Waals surface area contributed by atoms with Crippen LogP contribution in [0.2, 0.25) is 10.0 Å². The third kappa shape index (κ3) is 3.91. The molecule has 27 heavy (non-hydrogen) atoms. The molecule has 4 rings (SSSR count). The van der Waals surface area contributed by atoms with E-state index in [1.165, 1.54) is 16.3 Å². The molecule has 0 saturated carbocycles. The van der Waals surface area contributed by atoms with Crippen LogP contribution in [-0.4, -0.2) is 19.6 Å². The summed E-state index contributed by atoms with van der Waals surface area (Å²) in [6.45, 7) is 0. The lowest BCUT2D eigenvalue weighted by atomic mass is 10.1. The van der Waals surface area contributed by atoms with Gasteiger partial charge in [0.25, 0.3) is 0 Å². The quantitative estimate of drug-likeness (QED) is 0.394. The van der Waals surface area contributed by atoms with Crippen molar-refractivity contribution in [3.63, 3.8) is 0 Å². The molecule has 9 heteroatoms. The number of benzene rings is 2. The van der Waals surface area contributed by atoms with Gasteiger partial charge in [-0.1, -0.05) is 69.1 Å². The zero-order valence-electron chi connectivity index (χ0n) is 13.6. The minimum Gasteiger partial charge on any atom is -0.285 e. The van der Waals surface area contributed by atoms with E-state index >= 15 is 0 Å². The molecule has 0 saturated heterocycles. The largest absolute Gasteiger partial charge is 0.350 e. The van der Waals surface area contributed by atoms with Crippen molar-refractivity contribution in [2.75, 3.05) is 0 Å². The van der Waals surface area contributed by atoms with Gasteiger partial charge in [0.05, 0.1) is 16.2 Å². The number of thioether (sulfide) groups is 1. The van der Waals surface area contributed by atoms with Crippen molar-refractivity contribution < 1.29 is 0 Å². The van der Waals surface area contributed by atoms with E-state index < -0.39 is 0 Å². The lowest BCUT2D eigenvalue weighted by molar-refractivity contribution is 0.786. The Labute approximate surface area is 176 Å². The minimum absolute atomic E-state index is 0.333. The smallest absolute Gasteiger partial charge is 0.285 e. The highest BCUT2D eigenvalue weighted by atomic mass is 79.9. The number of halogens is 3. The van der Waals surface area contributed by atoms with Crippen LogP contribution in [0.25, 0.3) is 16.8 Å². The Morgan fingerprint density at radius 1 is 1.11 bits per heavy atom. The van der Waals surface area contributed by atoms with E-state index in [0.717, 1.165) is 21.2 Å². The molecule has 4 aromatic rings. The normalized spacial score (nSPS) is 11.2. The summed E-state index contributed by atoms with van der Waals surface area (Å²) in [5.41, 5.74) is 2.90. The molecule has 2 aromatic carbocycles. The van der Waals surface area contributed by atoms with E-state index in [1.807, 2.05) is 30.3 Å². The lowest BCUT2D eigenvalue weighted by Crippen LogP contribution is -2.19. The molecular formula is C18H11BrCl2N4OS. The van der Waals surface area contributed by atoms with E-state index in [4.69, 9.17) is 23.2 Å². The molecular weight excluding hydrogens is 471 g/mol.